The first-order chi connectivity index (χ1) is 9.28. The van der Waals surface area contributed by atoms with Gasteiger partial charge in [0, 0.05) is 38.2 Å². The Hall–Kier alpha value is -1.78. The Balaban J connectivity index is 2.01. The van der Waals surface area contributed by atoms with Crippen molar-refractivity contribution in [2.45, 2.75) is 20.0 Å². The zero-order valence-corrected chi connectivity index (χ0v) is 11.2. The maximum Gasteiger partial charge on any atom is 0.0558 e. The Kier molecular flexibility index (Phi) is 5.01. The maximum atomic E-state index is 9.16. The Labute approximate surface area is 113 Å². The Bertz CT molecular complexity index is 485. The average Bonchev–Trinajstić information content (AvgIpc) is 2.43. The van der Waals surface area contributed by atoms with E-state index in [0.717, 1.165) is 29.9 Å². The molecular weight excluding hydrogens is 238 g/mol. The standard InChI is InChI=1S/C15H19N3O/c1-13-4-5-15(17-9-13)12-18(7-8-19)11-14-3-2-6-16-10-14/h2-6,9-10,19H,7-8,11-12H2,1H3. The van der Waals surface area contributed by atoms with Crippen LogP contribution in [0.25, 0.3) is 0 Å². The SMILES string of the molecule is Cc1ccc(CN(CCO)Cc2cccnc2)nc1. The molecule has 0 aromatic carbocycles. The van der Waals surface area contributed by atoms with Crippen LogP contribution in [0.15, 0.2) is 42.9 Å². The van der Waals surface area contributed by atoms with E-state index in [0.29, 0.717) is 6.54 Å². The third-order valence-electron chi connectivity index (χ3n) is 2.90. The maximum absolute atomic E-state index is 9.16. The number of aliphatic hydroxyl groups is 1. The van der Waals surface area contributed by atoms with E-state index in [-0.39, 0.29) is 6.61 Å². The van der Waals surface area contributed by atoms with Crippen LogP contribution < -0.4 is 0 Å². The minimum absolute atomic E-state index is 0.145. The highest BCUT2D eigenvalue weighted by molar-refractivity contribution is 5.13. The smallest absolute Gasteiger partial charge is 0.0558 e. The van der Waals surface area contributed by atoms with Gasteiger partial charge in [0.05, 0.1) is 12.3 Å². The third-order valence-corrected chi connectivity index (χ3v) is 2.90. The number of hydrogen-bond acceptors (Lipinski definition) is 4. The highest BCUT2D eigenvalue weighted by Gasteiger charge is 2.07. The summed E-state index contributed by atoms with van der Waals surface area (Å²) in [5, 5.41) is 9.16. The van der Waals surface area contributed by atoms with Gasteiger partial charge in [0.1, 0.15) is 0 Å². The van der Waals surface area contributed by atoms with E-state index in [1.54, 1.807) is 6.20 Å². The number of nitrogens with zero attached hydrogens (tertiary/aromatic N) is 3. The van der Waals surface area contributed by atoms with Crippen LogP contribution in [0.5, 0.6) is 0 Å². The lowest BCUT2D eigenvalue weighted by atomic mass is 10.2. The normalized spacial score (nSPS) is 10.9. The molecule has 0 aliphatic heterocycles. The van der Waals surface area contributed by atoms with Crippen LogP contribution in [0.3, 0.4) is 0 Å². The number of aryl methyl sites for hydroxylation is 1. The van der Waals surface area contributed by atoms with E-state index < -0.39 is 0 Å². The molecule has 0 bridgehead atoms. The Morgan fingerprint density at radius 3 is 2.68 bits per heavy atom. The summed E-state index contributed by atoms with van der Waals surface area (Å²) in [5.74, 6) is 0. The van der Waals surface area contributed by atoms with Crippen LogP contribution in [0.2, 0.25) is 0 Å². The van der Waals surface area contributed by atoms with Crippen LogP contribution in [0.4, 0.5) is 0 Å². The van der Waals surface area contributed by atoms with Crippen molar-refractivity contribution in [1.82, 2.24) is 14.9 Å². The first-order valence-corrected chi connectivity index (χ1v) is 6.41. The van der Waals surface area contributed by atoms with Crippen molar-refractivity contribution < 1.29 is 5.11 Å². The van der Waals surface area contributed by atoms with Crippen LogP contribution in [-0.4, -0.2) is 33.1 Å². The fourth-order valence-corrected chi connectivity index (χ4v) is 1.93. The quantitative estimate of drug-likeness (QED) is 0.857. The molecule has 2 aromatic rings. The summed E-state index contributed by atoms with van der Waals surface area (Å²) in [6.07, 6.45) is 5.49. The average molecular weight is 257 g/mol. The summed E-state index contributed by atoms with van der Waals surface area (Å²) in [6.45, 7) is 4.30. The fraction of sp³-hybridized carbons (Fsp3) is 0.333. The molecule has 4 nitrogen and oxygen atoms in total. The highest BCUT2D eigenvalue weighted by atomic mass is 16.3. The fourth-order valence-electron chi connectivity index (χ4n) is 1.93. The number of aliphatic hydroxyl groups excluding tert-OH is 1. The van der Waals surface area contributed by atoms with Crippen LogP contribution >= 0.6 is 0 Å². The van der Waals surface area contributed by atoms with Crippen molar-refractivity contribution in [3.05, 3.63) is 59.7 Å². The number of aromatic nitrogens is 2. The zero-order valence-electron chi connectivity index (χ0n) is 11.2. The topological polar surface area (TPSA) is 49.2 Å². The minimum Gasteiger partial charge on any atom is -0.395 e. The van der Waals surface area contributed by atoms with E-state index in [9.17, 15) is 0 Å². The summed E-state index contributed by atoms with van der Waals surface area (Å²) in [4.78, 5) is 10.7. The van der Waals surface area contributed by atoms with E-state index in [1.165, 1.54) is 0 Å². The number of hydrogen-bond donors (Lipinski definition) is 1. The van der Waals surface area contributed by atoms with Gasteiger partial charge >= 0.3 is 0 Å². The molecule has 0 atom stereocenters. The van der Waals surface area contributed by atoms with E-state index in [4.69, 9.17) is 5.11 Å². The van der Waals surface area contributed by atoms with E-state index in [1.807, 2.05) is 37.5 Å². The van der Waals surface area contributed by atoms with Crippen molar-refractivity contribution in [3.63, 3.8) is 0 Å². The Morgan fingerprint density at radius 2 is 2.05 bits per heavy atom. The lowest BCUT2D eigenvalue weighted by molar-refractivity contribution is 0.183. The molecule has 0 amide bonds. The first kappa shape index (κ1) is 13.6. The number of rotatable bonds is 6. The van der Waals surface area contributed by atoms with Gasteiger partial charge in [-0.1, -0.05) is 12.1 Å². The van der Waals surface area contributed by atoms with Crippen LogP contribution in [0.1, 0.15) is 16.8 Å². The summed E-state index contributed by atoms with van der Waals surface area (Å²) in [7, 11) is 0. The highest BCUT2D eigenvalue weighted by Crippen LogP contribution is 2.08. The van der Waals surface area contributed by atoms with Gasteiger partial charge in [-0.3, -0.25) is 14.9 Å². The second-order valence-electron chi connectivity index (χ2n) is 4.62. The van der Waals surface area contributed by atoms with Gasteiger partial charge in [-0.05, 0) is 30.2 Å². The Morgan fingerprint density at radius 1 is 1.16 bits per heavy atom. The first-order valence-electron chi connectivity index (χ1n) is 6.41. The predicted molar refractivity (Wildman–Crippen MR) is 74.4 cm³/mol. The third kappa shape index (κ3) is 4.43. The van der Waals surface area contributed by atoms with Gasteiger partial charge in [0.25, 0.3) is 0 Å². The summed E-state index contributed by atoms with van der Waals surface area (Å²) >= 11 is 0. The predicted octanol–water partition coefficient (Wildman–Crippen LogP) is 1.78. The lowest BCUT2D eigenvalue weighted by Gasteiger charge is -2.20. The van der Waals surface area contributed by atoms with Crippen LogP contribution in [-0.2, 0) is 13.1 Å². The summed E-state index contributed by atoms with van der Waals surface area (Å²) in [6, 6.07) is 8.06. The van der Waals surface area contributed by atoms with Gasteiger partial charge in [0.2, 0.25) is 0 Å². The molecule has 2 aromatic heterocycles. The van der Waals surface area contributed by atoms with Crippen molar-refractivity contribution in [2.24, 2.45) is 0 Å². The van der Waals surface area contributed by atoms with Gasteiger partial charge in [-0.2, -0.15) is 0 Å². The van der Waals surface area contributed by atoms with Crippen molar-refractivity contribution >= 4 is 0 Å². The minimum atomic E-state index is 0.145. The molecule has 0 aliphatic rings. The van der Waals surface area contributed by atoms with Gasteiger partial charge < -0.3 is 5.11 Å². The molecule has 100 valence electrons. The van der Waals surface area contributed by atoms with E-state index >= 15 is 0 Å². The molecule has 0 fully saturated rings. The van der Waals surface area contributed by atoms with Crippen molar-refractivity contribution in [2.75, 3.05) is 13.2 Å². The second-order valence-corrected chi connectivity index (χ2v) is 4.62. The number of pyridine rings is 2. The van der Waals surface area contributed by atoms with E-state index in [2.05, 4.69) is 20.9 Å². The molecule has 2 rings (SSSR count). The summed E-state index contributed by atoms with van der Waals surface area (Å²) < 4.78 is 0. The lowest BCUT2D eigenvalue weighted by Crippen LogP contribution is -2.26. The molecule has 0 spiro atoms. The molecule has 1 N–H and O–H groups in total. The van der Waals surface area contributed by atoms with Crippen molar-refractivity contribution in [1.29, 1.82) is 0 Å². The van der Waals surface area contributed by atoms with Crippen molar-refractivity contribution in [3.8, 4) is 0 Å². The van der Waals surface area contributed by atoms with Gasteiger partial charge in [0.15, 0.2) is 0 Å². The largest absolute Gasteiger partial charge is 0.395 e. The van der Waals surface area contributed by atoms with Gasteiger partial charge in [-0.15, -0.1) is 0 Å². The van der Waals surface area contributed by atoms with Gasteiger partial charge in [-0.25, -0.2) is 0 Å². The molecule has 0 aliphatic carbocycles. The molecule has 0 unspecified atom stereocenters. The molecule has 0 saturated heterocycles. The molecule has 0 saturated carbocycles. The molecule has 0 radical (unpaired) electrons. The molecule has 19 heavy (non-hydrogen) atoms. The second kappa shape index (κ2) is 6.97. The molecule has 4 heteroatoms. The molecule has 2 heterocycles. The zero-order chi connectivity index (χ0) is 13.5. The van der Waals surface area contributed by atoms with Crippen LogP contribution in [0, 0.1) is 6.92 Å². The molecular formula is C15H19N3O. The summed E-state index contributed by atoms with van der Waals surface area (Å²) in [5.41, 5.74) is 3.32. The monoisotopic (exact) mass is 257 g/mol.